The number of piperidine rings is 1. The number of amides is 2. The molecule has 0 aromatic heterocycles. The maximum Gasteiger partial charge on any atom is 0.322 e. The molecule has 0 spiro atoms. The molecule has 0 unspecified atom stereocenters. The van der Waals surface area contributed by atoms with Crippen LogP contribution in [-0.4, -0.2) is 38.2 Å². The molecule has 1 fully saturated rings. The largest absolute Gasteiger partial charge is 0.322 e. The van der Waals surface area contributed by atoms with Gasteiger partial charge in [-0.15, -0.1) is 0 Å². The van der Waals surface area contributed by atoms with Crippen molar-refractivity contribution in [2.24, 2.45) is 5.92 Å². The highest BCUT2D eigenvalue weighted by atomic mass is 32.2. The zero-order valence-electron chi connectivity index (χ0n) is 14.1. The van der Waals surface area contributed by atoms with Crippen LogP contribution >= 0.6 is 0 Å². The van der Waals surface area contributed by atoms with E-state index in [0.29, 0.717) is 17.3 Å². The van der Waals surface area contributed by atoms with Gasteiger partial charge in [-0.3, -0.25) is 4.72 Å². The average molecular weight is 339 g/mol. The van der Waals surface area contributed by atoms with Crippen LogP contribution in [0.1, 0.15) is 32.3 Å². The van der Waals surface area contributed by atoms with Crippen molar-refractivity contribution in [2.75, 3.05) is 22.8 Å². The SMILES string of the molecule is Cc1ccc(NC(=O)N2CCC[C@@H](C)[C@@H]2C)cc1NS(C)(=O)=O. The number of likely N-dealkylation sites (tertiary alicyclic amines) is 1. The van der Waals surface area contributed by atoms with E-state index in [1.807, 2.05) is 11.8 Å². The number of hydrogen-bond donors (Lipinski definition) is 2. The van der Waals surface area contributed by atoms with E-state index in [4.69, 9.17) is 0 Å². The van der Waals surface area contributed by atoms with Gasteiger partial charge in [0.15, 0.2) is 0 Å². The summed E-state index contributed by atoms with van der Waals surface area (Å²) in [4.78, 5) is 14.3. The van der Waals surface area contributed by atoms with Gasteiger partial charge in [0.05, 0.1) is 11.9 Å². The second kappa shape index (κ2) is 6.78. The molecule has 7 heteroatoms. The molecule has 2 atom stereocenters. The number of hydrogen-bond acceptors (Lipinski definition) is 3. The Kier molecular flexibility index (Phi) is 5.19. The monoisotopic (exact) mass is 339 g/mol. The van der Waals surface area contributed by atoms with E-state index in [1.165, 1.54) is 0 Å². The number of aryl methyl sites for hydroxylation is 1. The van der Waals surface area contributed by atoms with Crippen LogP contribution in [0.5, 0.6) is 0 Å². The molecule has 0 radical (unpaired) electrons. The van der Waals surface area contributed by atoms with Crippen molar-refractivity contribution < 1.29 is 13.2 Å². The number of urea groups is 1. The number of nitrogens with one attached hydrogen (secondary N) is 2. The summed E-state index contributed by atoms with van der Waals surface area (Å²) in [6.07, 6.45) is 3.25. The number of rotatable bonds is 3. The van der Waals surface area contributed by atoms with Crippen molar-refractivity contribution in [3.8, 4) is 0 Å². The summed E-state index contributed by atoms with van der Waals surface area (Å²) in [5.41, 5.74) is 1.86. The van der Waals surface area contributed by atoms with E-state index in [9.17, 15) is 13.2 Å². The molecule has 0 saturated carbocycles. The number of carbonyl (C=O) groups excluding carboxylic acids is 1. The number of sulfonamides is 1. The standard InChI is InChI=1S/C16H25N3O3S/c1-11-6-5-9-19(13(11)3)16(20)17-14-8-7-12(2)15(10-14)18-23(4,21)22/h7-8,10-11,13,18H,5-6,9H2,1-4H3,(H,17,20)/t11-,13+/m1/s1. The fourth-order valence-corrected chi connectivity index (χ4v) is 3.45. The quantitative estimate of drug-likeness (QED) is 0.888. The van der Waals surface area contributed by atoms with Gasteiger partial charge in [0.2, 0.25) is 10.0 Å². The van der Waals surface area contributed by atoms with Crippen molar-refractivity contribution in [2.45, 2.75) is 39.7 Å². The van der Waals surface area contributed by atoms with Crippen LogP contribution in [0.15, 0.2) is 18.2 Å². The Morgan fingerprint density at radius 1 is 1.30 bits per heavy atom. The van der Waals surface area contributed by atoms with Gasteiger partial charge in [-0.2, -0.15) is 0 Å². The first-order valence-corrected chi connectivity index (χ1v) is 9.72. The lowest BCUT2D eigenvalue weighted by Gasteiger charge is -2.37. The minimum Gasteiger partial charge on any atom is -0.322 e. The third-order valence-corrected chi connectivity index (χ3v) is 5.01. The van der Waals surface area contributed by atoms with Gasteiger partial charge in [-0.1, -0.05) is 13.0 Å². The number of benzene rings is 1. The van der Waals surface area contributed by atoms with Crippen LogP contribution in [0.25, 0.3) is 0 Å². The highest BCUT2D eigenvalue weighted by Crippen LogP contribution is 2.25. The molecule has 1 aliphatic rings. The van der Waals surface area contributed by atoms with Crippen LogP contribution in [-0.2, 0) is 10.0 Å². The first-order valence-electron chi connectivity index (χ1n) is 7.83. The summed E-state index contributed by atoms with van der Waals surface area (Å²) in [5, 5.41) is 2.87. The lowest BCUT2D eigenvalue weighted by Crippen LogP contribution is -2.47. The molecule has 2 rings (SSSR count). The van der Waals surface area contributed by atoms with Crippen LogP contribution < -0.4 is 10.0 Å². The van der Waals surface area contributed by atoms with Gasteiger partial charge in [0, 0.05) is 18.3 Å². The normalized spacial score (nSPS) is 21.8. The summed E-state index contributed by atoms with van der Waals surface area (Å²) in [6, 6.07) is 5.26. The Balaban J connectivity index is 2.13. The van der Waals surface area contributed by atoms with E-state index in [2.05, 4.69) is 23.9 Å². The van der Waals surface area contributed by atoms with Gasteiger partial charge in [-0.25, -0.2) is 13.2 Å². The van der Waals surface area contributed by atoms with E-state index >= 15 is 0 Å². The summed E-state index contributed by atoms with van der Waals surface area (Å²) < 4.78 is 25.3. The molecule has 1 aliphatic heterocycles. The summed E-state index contributed by atoms with van der Waals surface area (Å²) in [6.45, 7) is 6.78. The van der Waals surface area contributed by atoms with Crippen LogP contribution in [0, 0.1) is 12.8 Å². The zero-order chi connectivity index (χ0) is 17.2. The van der Waals surface area contributed by atoms with Crippen molar-refractivity contribution in [3.05, 3.63) is 23.8 Å². The van der Waals surface area contributed by atoms with Gasteiger partial charge in [0.1, 0.15) is 0 Å². The predicted octanol–water partition coefficient (Wildman–Crippen LogP) is 3.02. The molecule has 0 bridgehead atoms. The minimum atomic E-state index is -3.35. The van der Waals surface area contributed by atoms with Gasteiger partial charge >= 0.3 is 6.03 Å². The van der Waals surface area contributed by atoms with Crippen LogP contribution in [0.4, 0.5) is 16.2 Å². The molecule has 1 aromatic rings. The third kappa shape index (κ3) is 4.60. The van der Waals surface area contributed by atoms with Gasteiger partial charge in [-0.05, 0) is 50.3 Å². The Bertz CT molecular complexity index is 688. The van der Waals surface area contributed by atoms with E-state index in [0.717, 1.165) is 31.2 Å². The van der Waals surface area contributed by atoms with E-state index in [1.54, 1.807) is 18.2 Å². The molecule has 2 N–H and O–H groups in total. The molecule has 128 valence electrons. The topological polar surface area (TPSA) is 78.5 Å². The molecule has 23 heavy (non-hydrogen) atoms. The summed E-state index contributed by atoms with van der Waals surface area (Å²) in [7, 11) is -3.35. The van der Waals surface area contributed by atoms with Crippen molar-refractivity contribution in [1.29, 1.82) is 0 Å². The summed E-state index contributed by atoms with van der Waals surface area (Å²) in [5.74, 6) is 0.481. The van der Waals surface area contributed by atoms with Crippen molar-refractivity contribution >= 4 is 27.4 Å². The molecule has 1 aromatic carbocycles. The van der Waals surface area contributed by atoms with Crippen molar-refractivity contribution in [1.82, 2.24) is 4.90 Å². The second-order valence-electron chi connectivity index (χ2n) is 6.39. The van der Waals surface area contributed by atoms with Gasteiger partial charge in [0.25, 0.3) is 0 Å². The highest BCUT2D eigenvalue weighted by Gasteiger charge is 2.28. The maximum absolute atomic E-state index is 12.5. The fourth-order valence-electron chi connectivity index (χ4n) is 2.83. The molecule has 1 saturated heterocycles. The van der Waals surface area contributed by atoms with Crippen LogP contribution in [0.3, 0.4) is 0 Å². The van der Waals surface area contributed by atoms with Gasteiger partial charge < -0.3 is 10.2 Å². The number of nitrogens with zero attached hydrogens (tertiary/aromatic N) is 1. The predicted molar refractivity (Wildman–Crippen MR) is 93.2 cm³/mol. The molecule has 0 aliphatic carbocycles. The minimum absolute atomic E-state index is 0.141. The lowest BCUT2D eigenvalue weighted by atomic mass is 9.92. The Morgan fingerprint density at radius 2 is 2.00 bits per heavy atom. The molecule has 6 nitrogen and oxygen atoms in total. The second-order valence-corrected chi connectivity index (χ2v) is 8.14. The number of anilines is 2. The Labute approximate surface area is 138 Å². The lowest BCUT2D eigenvalue weighted by molar-refractivity contribution is 0.139. The van der Waals surface area contributed by atoms with E-state index < -0.39 is 10.0 Å². The third-order valence-electron chi connectivity index (χ3n) is 4.42. The zero-order valence-corrected chi connectivity index (χ0v) is 14.9. The number of carbonyl (C=O) groups is 1. The smallest absolute Gasteiger partial charge is 0.322 e. The fraction of sp³-hybridized carbons (Fsp3) is 0.562. The van der Waals surface area contributed by atoms with Crippen molar-refractivity contribution in [3.63, 3.8) is 0 Å². The Morgan fingerprint density at radius 3 is 2.65 bits per heavy atom. The van der Waals surface area contributed by atoms with Crippen LogP contribution in [0.2, 0.25) is 0 Å². The summed E-state index contributed by atoms with van der Waals surface area (Å²) >= 11 is 0. The molecular formula is C16H25N3O3S. The highest BCUT2D eigenvalue weighted by molar-refractivity contribution is 7.92. The Hall–Kier alpha value is -1.76. The maximum atomic E-state index is 12.5. The molecular weight excluding hydrogens is 314 g/mol. The first kappa shape index (κ1) is 17.6. The van der Waals surface area contributed by atoms with E-state index in [-0.39, 0.29) is 12.1 Å². The molecule has 1 heterocycles. The first-order chi connectivity index (χ1) is 10.7. The average Bonchev–Trinajstić information content (AvgIpc) is 2.44. The molecule has 2 amide bonds.